The Hall–Kier alpha value is -1.60. The molecule has 1 aromatic rings. The fraction of sp³-hybridized carbons (Fsp3) is 0.500. The van der Waals surface area contributed by atoms with Crippen molar-refractivity contribution in [3.05, 3.63) is 23.8 Å². The van der Waals surface area contributed by atoms with Gasteiger partial charge in [-0.15, -0.1) is 0 Å². The second kappa shape index (κ2) is 6.03. The molecule has 0 aliphatic heterocycles. The first-order valence-electron chi connectivity index (χ1n) is 6.81. The normalized spacial score (nSPS) is 16.3. The van der Waals surface area contributed by atoms with E-state index in [1.54, 1.807) is 13.0 Å². The first-order valence-corrected chi connectivity index (χ1v) is 8.29. The minimum Gasteiger partial charge on any atom is -0.496 e. The maximum Gasteiger partial charge on any atom is 0.241 e. The lowest BCUT2D eigenvalue weighted by Crippen LogP contribution is -2.45. The summed E-state index contributed by atoms with van der Waals surface area (Å²) in [6, 6.07) is 3.97. The van der Waals surface area contributed by atoms with E-state index in [-0.39, 0.29) is 16.8 Å². The van der Waals surface area contributed by atoms with Crippen molar-refractivity contribution in [2.24, 2.45) is 0 Å². The lowest BCUT2D eigenvalue weighted by atomic mass is 10.2. The number of aryl methyl sites for hydroxylation is 1. The van der Waals surface area contributed by atoms with Crippen LogP contribution in [-0.2, 0) is 14.8 Å². The van der Waals surface area contributed by atoms with Gasteiger partial charge in [-0.05, 0) is 50.5 Å². The van der Waals surface area contributed by atoms with Crippen molar-refractivity contribution in [2.75, 3.05) is 7.11 Å². The van der Waals surface area contributed by atoms with Gasteiger partial charge in [-0.3, -0.25) is 4.79 Å². The number of nitrogens with one attached hydrogen (secondary N) is 2. The third-order valence-corrected chi connectivity index (χ3v) is 4.86. The maximum absolute atomic E-state index is 12.3. The van der Waals surface area contributed by atoms with Crippen LogP contribution in [0.25, 0.3) is 0 Å². The molecule has 6 nitrogen and oxygen atoms in total. The fourth-order valence-electron chi connectivity index (χ4n) is 1.93. The molecule has 0 spiro atoms. The molecule has 1 atom stereocenters. The predicted molar refractivity (Wildman–Crippen MR) is 78.7 cm³/mol. The third kappa shape index (κ3) is 3.95. The number of hydrogen-bond donors (Lipinski definition) is 2. The molecule has 1 fully saturated rings. The molecule has 1 aliphatic carbocycles. The van der Waals surface area contributed by atoms with E-state index in [0.29, 0.717) is 5.75 Å². The first kappa shape index (κ1) is 15.8. The van der Waals surface area contributed by atoms with E-state index in [1.165, 1.54) is 26.2 Å². The van der Waals surface area contributed by atoms with E-state index in [1.807, 2.05) is 0 Å². The Labute approximate surface area is 124 Å². The molecular formula is C14H20N2O4S. The topological polar surface area (TPSA) is 84.5 Å². The summed E-state index contributed by atoms with van der Waals surface area (Å²) in [6.07, 6.45) is 1.92. The number of sulfonamides is 1. The van der Waals surface area contributed by atoms with E-state index < -0.39 is 16.1 Å². The molecule has 2 N–H and O–H groups in total. The van der Waals surface area contributed by atoms with Gasteiger partial charge in [0, 0.05) is 6.04 Å². The van der Waals surface area contributed by atoms with Crippen molar-refractivity contribution >= 4 is 15.9 Å². The summed E-state index contributed by atoms with van der Waals surface area (Å²) in [5, 5.41) is 2.77. The van der Waals surface area contributed by atoms with Gasteiger partial charge in [0.1, 0.15) is 5.75 Å². The van der Waals surface area contributed by atoms with E-state index in [0.717, 1.165) is 18.4 Å². The summed E-state index contributed by atoms with van der Waals surface area (Å²) in [5.41, 5.74) is 0.718. The zero-order valence-electron chi connectivity index (χ0n) is 12.3. The van der Waals surface area contributed by atoms with Crippen molar-refractivity contribution in [2.45, 2.75) is 43.7 Å². The zero-order valence-corrected chi connectivity index (χ0v) is 13.2. The highest BCUT2D eigenvalue weighted by Gasteiger charge is 2.28. The fourth-order valence-corrected chi connectivity index (χ4v) is 3.21. The molecule has 1 aliphatic rings. The molecule has 21 heavy (non-hydrogen) atoms. The zero-order chi connectivity index (χ0) is 15.6. The molecule has 0 radical (unpaired) electrons. The molecule has 0 aromatic heterocycles. The van der Waals surface area contributed by atoms with Crippen molar-refractivity contribution in [3.8, 4) is 5.75 Å². The first-order chi connectivity index (χ1) is 9.83. The molecule has 7 heteroatoms. The van der Waals surface area contributed by atoms with Crippen LogP contribution >= 0.6 is 0 Å². The van der Waals surface area contributed by atoms with E-state index in [2.05, 4.69) is 10.0 Å². The number of ether oxygens (including phenoxy) is 1. The van der Waals surface area contributed by atoms with Gasteiger partial charge in [0.15, 0.2) is 0 Å². The number of carbonyl (C=O) groups excluding carboxylic acids is 1. The number of hydrogen-bond acceptors (Lipinski definition) is 4. The minimum absolute atomic E-state index is 0.117. The monoisotopic (exact) mass is 312 g/mol. The quantitative estimate of drug-likeness (QED) is 0.819. The molecule has 0 heterocycles. The maximum atomic E-state index is 12.3. The molecule has 1 saturated carbocycles. The summed E-state index contributed by atoms with van der Waals surface area (Å²) >= 11 is 0. The largest absolute Gasteiger partial charge is 0.496 e. The van der Waals surface area contributed by atoms with Crippen LogP contribution in [0, 0.1) is 6.92 Å². The Kier molecular flexibility index (Phi) is 4.53. The summed E-state index contributed by atoms with van der Waals surface area (Å²) < 4.78 is 32.0. The minimum atomic E-state index is -3.73. The average molecular weight is 312 g/mol. The summed E-state index contributed by atoms with van der Waals surface area (Å²) in [7, 11) is -2.21. The molecule has 1 amide bonds. The van der Waals surface area contributed by atoms with Crippen LogP contribution in [0.15, 0.2) is 23.1 Å². The van der Waals surface area contributed by atoms with Crippen molar-refractivity contribution in [1.29, 1.82) is 0 Å². The van der Waals surface area contributed by atoms with Gasteiger partial charge < -0.3 is 10.1 Å². The highest BCUT2D eigenvalue weighted by Crippen LogP contribution is 2.22. The highest BCUT2D eigenvalue weighted by molar-refractivity contribution is 7.89. The van der Waals surface area contributed by atoms with Crippen LogP contribution in [0.4, 0.5) is 0 Å². The van der Waals surface area contributed by atoms with Gasteiger partial charge in [-0.2, -0.15) is 4.72 Å². The number of amides is 1. The summed E-state index contributed by atoms with van der Waals surface area (Å²) in [4.78, 5) is 11.9. The molecule has 0 saturated heterocycles. The van der Waals surface area contributed by atoms with Gasteiger partial charge in [-0.1, -0.05) is 0 Å². The molecular weight excluding hydrogens is 292 g/mol. The van der Waals surface area contributed by atoms with Crippen LogP contribution < -0.4 is 14.8 Å². The van der Waals surface area contributed by atoms with Gasteiger partial charge in [0.2, 0.25) is 15.9 Å². The molecule has 2 rings (SSSR count). The Morgan fingerprint density at radius 2 is 2.05 bits per heavy atom. The molecule has 1 aromatic carbocycles. The Morgan fingerprint density at radius 1 is 1.38 bits per heavy atom. The van der Waals surface area contributed by atoms with Gasteiger partial charge in [-0.25, -0.2) is 8.42 Å². The van der Waals surface area contributed by atoms with Crippen molar-refractivity contribution in [1.82, 2.24) is 10.0 Å². The van der Waals surface area contributed by atoms with Crippen LogP contribution in [-0.4, -0.2) is 33.5 Å². The Balaban J connectivity index is 2.09. The second-order valence-corrected chi connectivity index (χ2v) is 6.97. The molecule has 116 valence electrons. The Bertz CT molecular complexity index is 638. The van der Waals surface area contributed by atoms with Crippen LogP contribution in [0.2, 0.25) is 0 Å². The lowest BCUT2D eigenvalue weighted by molar-refractivity contribution is -0.122. The predicted octanol–water partition coefficient (Wildman–Crippen LogP) is 0.949. The SMILES string of the molecule is COc1ccc(S(=O)(=O)N[C@H](C)C(=O)NC2CC2)cc1C. The van der Waals surface area contributed by atoms with Gasteiger partial charge in [0.05, 0.1) is 18.0 Å². The Morgan fingerprint density at radius 3 is 2.57 bits per heavy atom. The van der Waals surface area contributed by atoms with E-state index in [4.69, 9.17) is 4.74 Å². The second-order valence-electron chi connectivity index (χ2n) is 5.26. The van der Waals surface area contributed by atoms with E-state index in [9.17, 15) is 13.2 Å². The number of methoxy groups -OCH3 is 1. The third-order valence-electron chi connectivity index (χ3n) is 3.33. The highest BCUT2D eigenvalue weighted by atomic mass is 32.2. The molecule has 0 bridgehead atoms. The number of rotatable bonds is 6. The van der Waals surface area contributed by atoms with Crippen LogP contribution in [0.3, 0.4) is 0 Å². The lowest BCUT2D eigenvalue weighted by Gasteiger charge is -2.15. The van der Waals surface area contributed by atoms with Gasteiger partial charge >= 0.3 is 0 Å². The number of carbonyl (C=O) groups is 1. The molecule has 0 unspecified atom stereocenters. The smallest absolute Gasteiger partial charge is 0.241 e. The average Bonchev–Trinajstić information content (AvgIpc) is 3.22. The van der Waals surface area contributed by atoms with E-state index >= 15 is 0 Å². The van der Waals surface area contributed by atoms with Crippen molar-refractivity contribution in [3.63, 3.8) is 0 Å². The van der Waals surface area contributed by atoms with Gasteiger partial charge in [0.25, 0.3) is 0 Å². The number of benzene rings is 1. The summed E-state index contributed by atoms with van der Waals surface area (Å²) in [6.45, 7) is 3.30. The van der Waals surface area contributed by atoms with Crippen LogP contribution in [0.5, 0.6) is 5.75 Å². The standard InChI is InChI=1S/C14H20N2O4S/c1-9-8-12(6-7-13(9)20-3)21(18,19)16-10(2)14(17)15-11-4-5-11/h6-8,10-11,16H,4-5H2,1-3H3,(H,15,17)/t10-/m1/s1. The van der Waals surface area contributed by atoms with Crippen molar-refractivity contribution < 1.29 is 17.9 Å². The van der Waals surface area contributed by atoms with Crippen LogP contribution in [0.1, 0.15) is 25.3 Å². The summed E-state index contributed by atoms with van der Waals surface area (Å²) in [5.74, 6) is 0.319.